The Balaban J connectivity index is 2.47. The van der Waals surface area contributed by atoms with Gasteiger partial charge in [-0.3, -0.25) is 0 Å². The van der Waals surface area contributed by atoms with E-state index in [1.54, 1.807) is 0 Å². The second kappa shape index (κ2) is 5.92. The molecule has 0 spiro atoms. The lowest BCUT2D eigenvalue weighted by atomic mass is 10.0. The average Bonchev–Trinajstić information content (AvgIpc) is 2.26. The van der Waals surface area contributed by atoms with Gasteiger partial charge in [-0.25, -0.2) is 0 Å². The monoisotopic (exact) mass is 205 g/mol. The SMILES string of the molecule is CCC(C)C(C)NCc1ccccc1C. The summed E-state index contributed by atoms with van der Waals surface area (Å²) in [5, 5.41) is 3.59. The Morgan fingerprint density at radius 1 is 1.20 bits per heavy atom. The predicted molar refractivity (Wildman–Crippen MR) is 66.9 cm³/mol. The highest BCUT2D eigenvalue weighted by Gasteiger charge is 2.09. The van der Waals surface area contributed by atoms with Crippen molar-refractivity contribution in [3.05, 3.63) is 35.4 Å². The minimum atomic E-state index is 0.592. The van der Waals surface area contributed by atoms with Crippen LogP contribution in [0.15, 0.2) is 24.3 Å². The van der Waals surface area contributed by atoms with E-state index >= 15 is 0 Å². The third-order valence-corrected chi connectivity index (χ3v) is 3.37. The Labute approximate surface area is 93.9 Å². The van der Waals surface area contributed by atoms with Crippen molar-refractivity contribution in [3.63, 3.8) is 0 Å². The zero-order valence-corrected chi connectivity index (χ0v) is 10.4. The van der Waals surface area contributed by atoms with Crippen molar-refractivity contribution in [3.8, 4) is 0 Å². The Bertz CT molecular complexity index is 293. The first-order valence-electron chi connectivity index (χ1n) is 5.93. The third-order valence-electron chi connectivity index (χ3n) is 3.37. The molecule has 0 amide bonds. The largest absolute Gasteiger partial charge is 0.310 e. The second-order valence-electron chi connectivity index (χ2n) is 4.48. The van der Waals surface area contributed by atoms with E-state index in [1.807, 2.05) is 0 Å². The number of rotatable bonds is 5. The normalized spacial score (nSPS) is 14.9. The van der Waals surface area contributed by atoms with Crippen molar-refractivity contribution in [2.75, 3.05) is 0 Å². The average molecular weight is 205 g/mol. The molecular weight excluding hydrogens is 182 g/mol. The van der Waals surface area contributed by atoms with Crippen molar-refractivity contribution < 1.29 is 0 Å². The van der Waals surface area contributed by atoms with Crippen LogP contribution in [0.25, 0.3) is 0 Å². The van der Waals surface area contributed by atoms with Crippen molar-refractivity contribution >= 4 is 0 Å². The lowest BCUT2D eigenvalue weighted by molar-refractivity contribution is 0.389. The van der Waals surface area contributed by atoms with E-state index < -0.39 is 0 Å². The molecule has 0 fully saturated rings. The molecule has 1 rings (SSSR count). The third kappa shape index (κ3) is 3.67. The summed E-state index contributed by atoms with van der Waals surface area (Å²) in [6.07, 6.45) is 1.24. The summed E-state index contributed by atoms with van der Waals surface area (Å²) in [7, 11) is 0. The molecule has 0 radical (unpaired) electrons. The van der Waals surface area contributed by atoms with E-state index in [0.717, 1.165) is 12.5 Å². The molecule has 0 aliphatic rings. The highest BCUT2D eigenvalue weighted by atomic mass is 14.9. The van der Waals surface area contributed by atoms with Gasteiger partial charge in [0.25, 0.3) is 0 Å². The first-order valence-corrected chi connectivity index (χ1v) is 5.93. The Morgan fingerprint density at radius 2 is 1.87 bits per heavy atom. The summed E-state index contributed by atoms with van der Waals surface area (Å²) >= 11 is 0. The Hall–Kier alpha value is -0.820. The molecule has 0 saturated carbocycles. The fourth-order valence-corrected chi connectivity index (χ4v) is 1.63. The Kier molecular flexibility index (Phi) is 4.83. The summed E-state index contributed by atoms with van der Waals surface area (Å²) in [6, 6.07) is 9.17. The fraction of sp³-hybridized carbons (Fsp3) is 0.571. The summed E-state index contributed by atoms with van der Waals surface area (Å²) < 4.78 is 0. The maximum absolute atomic E-state index is 3.59. The summed E-state index contributed by atoms with van der Waals surface area (Å²) in [5.74, 6) is 0.744. The number of aryl methyl sites for hydroxylation is 1. The molecule has 2 atom stereocenters. The van der Waals surface area contributed by atoms with Crippen LogP contribution in [0.3, 0.4) is 0 Å². The smallest absolute Gasteiger partial charge is 0.0210 e. The first kappa shape index (κ1) is 12.3. The van der Waals surface area contributed by atoms with Crippen LogP contribution < -0.4 is 5.32 Å². The predicted octanol–water partition coefficient (Wildman–Crippen LogP) is 3.52. The number of nitrogens with one attached hydrogen (secondary N) is 1. The van der Waals surface area contributed by atoms with Gasteiger partial charge in [-0.1, -0.05) is 44.5 Å². The van der Waals surface area contributed by atoms with Crippen molar-refractivity contribution in [1.82, 2.24) is 5.32 Å². The zero-order valence-electron chi connectivity index (χ0n) is 10.4. The highest BCUT2D eigenvalue weighted by Crippen LogP contribution is 2.10. The quantitative estimate of drug-likeness (QED) is 0.775. The number of hydrogen-bond acceptors (Lipinski definition) is 1. The number of hydrogen-bond donors (Lipinski definition) is 1. The fourth-order valence-electron chi connectivity index (χ4n) is 1.63. The molecule has 1 heteroatoms. The van der Waals surface area contributed by atoms with Crippen LogP contribution in [0.5, 0.6) is 0 Å². The molecular formula is C14H23N. The van der Waals surface area contributed by atoms with E-state index in [-0.39, 0.29) is 0 Å². The molecule has 0 aliphatic heterocycles. The minimum absolute atomic E-state index is 0.592. The van der Waals surface area contributed by atoms with E-state index in [2.05, 4.69) is 57.3 Å². The standard InChI is InChI=1S/C14H23N/c1-5-11(2)13(4)15-10-14-9-7-6-8-12(14)3/h6-9,11,13,15H,5,10H2,1-4H3. The Morgan fingerprint density at radius 3 is 2.47 bits per heavy atom. The molecule has 1 aromatic carbocycles. The van der Waals surface area contributed by atoms with Crippen LogP contribution in [0.1, 0.15) is 38.3 Å². The summed E-state index contributed by atoms with van der Waals surface area (Å²) in [5.41, 5.74) is 2.79. The van der Waals surface area contributed by atoms with Crippen LogP contribution >= 0.6 is 0 Å². The van der Waals surface area contributed by atoms with Crippen molar-refractivity contribution in [2.45, 2.75) is 46.7 Å². The molecule has 2 unspecified atom stereocenters. The molecule has 15 heavy (non-hydrogen) atoms. The van der Waals surface area contributed by atoms with Gasteiger partial charge in [0.05, 0.1) is 0 Å². The molecule has 1 aromatic rings. The van der Waals surface area contributed by atoms with Crippen molar-refractivity contribution in [2.24, 2.45) is 5.92 Å². The van der Waals surface area contributed by atoms with Gasteiger partial charge in [0.2, 0.25) is 0 Å². The van der Waals surface area contributed by atoms with Gasteiger partial charge in [-0.2, -0.15) is 0 Å². The minimum Gasteiger partial charge on any atom is -0.310 e. The highest BCUT2D eigenvalue weighted by molar-refractivity contribution is 5.25. The zero-order chi connectivity index (χ0) is 11.3. The molecule has 84 valence electrons. The van der Waals surface area contributed by atoms with E-state index in [4.69, 9.17) is 0 Å². The van der Waals surface area contributed by atoms with Crippen LogP contribution in [-0.2, 0) is 6.54 Å². The lowest BCUT2D eigenvalue weighted by Gasteiger charge is -2.20. The second-order valence-corrected chi connectivity index (χ2v) is 4.48. The van der Waals surface area contributed by atoms with Crippen LogP contribution in [0.4, 0.5) is 0 Å². The maximum Gasteiger partial charge on any atom is 0.0210 e. The van der Waals surface area contributed by atoms with E-state index in [9.17, 15) is 0 Å². The summed E-state index contributed by atoms with van der Waals surface area (Å²) in [4.78, 5) is 0. The molecule has 1 N–H and O–H groups in total. The van der Waals surface area contributed by atoms with Gasteiger partial charge < -0.3 is 5.32 Å². The molecule has 0 heterocycles. The van der Waals surface area contributed by atoms with Crippen molar-refractivity contribution in [1.29, 1.82) is 0 Å². The molecule has 0 saturated heterocycles. The first-order chi connectivity index (χ1) is 7.15. The number of benzene rings is 1. The molecule has 0 bridgehead atoms. The van der Waals surface area contributed by atoms with Crippen LogP contribution in [0, 0.1) is 12.8 Å². The van der Waals surface area contributed by atoms with E-state index in [0.29, 0.717) is 6.04 Å². The van der Waals surface area contributed by atoms with Gasteiger partial charge in [0.15, 0.2) is 0 Å². The molecule has 1 nitrogen and oxygen atoms in total. The van der Waals surface area contributed by atoms with Gasteiger partial charge in [0, 0.05) is 12.6 Å². The maximum atomic E-state index is 3.59. The summed E-state index contributed by atoms with van der Waals surface area (Å²) in [6.45, 7) is 9.97. The van der Waals surface area contributed by atoms with Crippen LogP contribution in [-0.4, -0.2) is 6.04 Å². The van der Waals surface area contributed by atoms with Crippen LogP contribution in [0.2, 0.25) is 0 Å². The van der Waals surface area contributed by atoms with Gasteiger partial charge in [0.1, 0.15) is 0 Å². The lowest BCUT2D eigenvalue weighted by Crippen LogP contribution is -2.31. The topological polar surface area (TPSA) is 12.0 Å². The molecule has 0 aliphatic carbocycles. The van der Waals surface area contributed by atoms with Gasteiger partial charge >= 0.3 is 0 Å². The van der Waals surface area contributed by atoms with Gasteiger partial charge in [-0.15, -0.1) is 0 Å². The van der Waals surface area contributed by atoms with E-state index in [1.165, 1.54) is 17.5 Å². The van der Waals surface area contributed by atoms with Gasteiger partial charge in [-0.05, 0) is 30.9 Å². The molecule has 0 aromatic heterocycles.